The molecule has 3 aliphatic rings. The molecule has 1 aliphatic carbocycles. The maximum Gasteiger partial charge on any atom is 0.258 e. The second kappa shape index (κ2) is 4.60. The van der Waals surface area contributed by atoms with E-state index in [0.29, 0.717) is 17.4 Å². The number of anilines is 2. The van der Waals surface area contributed by atoms with Crippen LogP contribution in [0.5, 0.6) is 0 Å². The van der Waals surface area contributed by atoms with Gasteiger partial charge in [-0.25, -0.2) is 0 Å². The minimum atomic E-state index is -0.0763. The molecule has 7 heteroatoms. The van der Waals surface area contributed by atoms with Crippen LogP contribution in [0.4, 0.5) is 10.8 Å². The molecule has 2 aliphatic heterocycles. The lowest BCUT2D eigenvalue weighted by molar-refractivity contribution is 0.0306. The highest BCUT2D eigenvalue weighted by Gasteiger charge is 2.37. The number of hydrogen-bond donors (Lipinski definition) is 2. The van der Waals surface area contributed by atoms with Crippen LogP contribution in [0.1, 0.15) is 36.0 Å². The fraction of sp³-hybridized carbons (Fsp3) is 0.692. The average Bonchev–Trinajstić information content (AvgIpc) is 3.06. The average molecular weight is 294 g/mol. The summed E-state index contributed by atoms with van der Waals surface area (Å²) in [4.78, 5) is 14.6. The fourth-order valence-electron chi connectivity index (χ4n) is 2.99. The van der Waals surface area contributed by atoms with Crippen LogP contribution in [-0.4, -0.2) is 41.6 Å². The highest BCUT2D eigenvalue weighted by Crippen LogP contribution is 2.36. The van der Waals surface area contributed by atoms with Gasteiger partial charge < -0.3 is 20.7 Å². The summed E-state index contributed by atoms with van der Waals surface area (Å²) in [6.45, 7) is 1.67. The Labute approximate surface area is 121 Å². The molecule has 2 bridgehead atoms. The Hall–Kier alpha value is -1.34. The van der Waals surface area contributed by atoms with Crippen LogP contribution < -0.4 is 16.0 Å². The van der Waals surface area contributed by atoms with Gasteiger partial charge >= 0.3 is 0 Å². The number of nitrogens with zero attached hydrogens (tertiary/aromatic N) is 2. The molecule has 0 radical (unpaired) electrons. The zero-order chi connectivity index (χ0) is 13.7. The molecule has 1 amide bonds. The van der Waals surface area contributed by atoms with E-state index in [1.807, 2.05) is 0 Å². The first kappa shape index (κ1) is 12.4. The molecule has 2 unspecified atom stereocenters. The van der Waals surface area contributed by atoms with Gasteiger partial charge in [0.2, 0.25) is 0 Å². The third-order valence-electron chi connectivity index (χ3n) is 4.17. The molecule has 2 saturated heterocycles. The number of hydrogen-bond acceptors (Lipinski definition) is 6. The summed E-state index contributed by atoms with van der Waals surface area (Å²) in [6.07, 6.45) is 4.94. The van der Waals surface area contributed by atoms with Crippen LogP contribution in [0.25, 0.3) is 0 Å². The van der Waals surface area contributed by atoms with Crippen molar-refractivity contribution in [2.24, 2.45) is 0 Å². The molecular weight excluding hydrogens is 276 g/mol. The molecule has 3 fully saturated rings. The summed E-state index contributed by atoms with van der Waals surface area (Å²) in [6, 6.07) is 0.329. The van der Waals surface area contributed by atoms with Crippen molar-refractivity contribution in [1.29, 1.82) is 0 Å². The van der Waals surface area contributed by atoms with E-state index in [1.54, 1.807) is 0 Å². The molecule has 2 atom stereocenters. The molecule has 1 aromatic rings. The van der Waals surface area contributed by atoms with Crippen LogP contribution in [-0.2, 0) is 4.74 Å². The van der Waals surface area contributed by atoms with Crippen molar-refractivity contribution in [3.8, 4) is 0 Å². The molecular formula is C13H18N4O2S. The first-order valence-corrected chi connectivity index (χ1v) is 7.94. The van der Waals surface area contributed by atoms with Crippen molar-refractivity contribution in [3.05, 3.63) is 5.56 Å². The summed E-state index contributed by atoms with van der Waals surface area (Å²) in [5, 5.41) is 3.91. The number of nitrogen functional groups attached to an aromatic ring is 1. The maximum atomic E-state index is 12.3. The number of nitrogens with one attached hydrogen (secondary N) is 1. The van der Waals surface area contributed by atoms with Crippen molar-refractivity contribution < 1.29 is 9.53 Å². The molecule has 3 heterocycles. The van der Waals surface area contributed by atoms with Gasteiger partial charge in [-0.2, -0.15) is 4.37 Å². The van der Waals surface area contributed by atoms with E-state index in [0.717, 1.165) is 43.8 Å². The van der Waals surface area contributed by atoms with Gasteiger partial charge in [0, 0.05) is 19.1 Å². The van der Waals surface area contributed by atoms with Crippen LogP contribution in [0.2, 0.25) is 0 Å². The van der Waals surface area contributed by atoms with Gasteiger partial charge in [-0.3, -0.25) is 4.79 Å². The van der Waals surface area contributed by atoms with Gasteiger partial charge in [0.15, 0.2) is 5.82 Å². The van der Waals surface area contributed by atoms with Gasteiger partial charge in [-0.15, -0.1) is 0 Å². The van der Waals surface area contributed by atoms with E-state index in [-0.39, 0.29) is 18.1 Å². The van der Waals surface area contributed by atoms with E-state index in [2.05, 4.69) is 14.6 Å². The number of morpholine rings is 1. The second-order valence-electron chi connectivity index (χ2n) is 5.86. The molecule has 1 saturated carbocycles. The Bertz CT molecular complexity index is 530. The van der Waals surface area contributed by atoms with Crippen molar-refractivity contribution in [2.75, 3.05) is 23.7 Å². The number of fused-ring (bicyclic) bond motifs is 2. The predicted molar refractivity (Wildman–Crippen MR) is 77.1 cm³/mol. The molecule has 4 rings (SSSR count). The smallest absolute Gasteiger partial charge is 0.258 e. The summed E-state index contributed by atoms with van der Waals surface area (Å²) >= 11 is 1.32. The van der Waals surface area contributed by atoms with E-state index >= 15 is 0 Å². The lowest BCUT2D eigenvalue weighted by atomic mass is 10.2. The third kappa shape index (κ3) is 2.14. The van der Waals surface area contributed by atoms with E-state index in [1.165, 1.54) is 11.5 Å². The summed E-state index contributed by atoms with van der Waals surface area (Å²) in [5.41, 5.74) is 6.47. The van der Waals surface area contributed by atoms with Gasteiger partial charge in [0.05, 0.1) is 12.2 Å². The summed E-state index contributed by atoms with van der Waals surface area (Å²) in [5.74, 6) is 0.273. The predicted octanol–water partition coefficient (Wildman–Crippen LogP) is 0.985. The van der Waals surface area contributed by atoms with Gasteiger partial charge in [-0.1, -0.05) is 0 Å². The van der Waals surface area contributed by atoms with Crippen molar-refractivity contribution in [2.45, 2.75) is 43.9 Å². The number of ether oxygens (including phenoxy) is 1. The Morgan fingerprint density at radius 2 is 2.00 bits per heavy atom. The lowest BCUT2D eigenvalue weighted by Gasteiger charge is -2.33. The standard InChI is InChI=1S/C13H18N4O2S/c14-11-10(12(18)15-7-1-2-7)13(20-16-11)17-5-8-3-4-9(6-17)19-8/h7-9H,1-6H2,(H2,14,16)(H,15,18). The van der Waals surface area contributed by atoms with Gasteiger partial charge in [-0.05, 0) is 37.2 Å². The summed E-state index contributed by atoms with van der Waals surface area (Å²) in [7, 11) is 0. The Balaban J connectivity index is 1.59. The Morgan fingerprint density at radius 3 is 2.65 bits per heavy atom. The zero-order valence-corrected chi connectivity index (χ0v) is 12.0. The minimum absolute atomic E-state index is 0.0763. The van der Waals surface area contributed by atoms with Crippen molar-refractivity contribution in [3.63, 3.8) is 0 Å². The third-order valence-corrected chi connectivity index (χ3v) is 5.09. The van der Waals surface area contributed by atoms with Gasteiger partial charge in [0.25, 0.3) is 5.91 Å². The van der Waals surface area contributed by atoms with Crippen LogP contribution in [0.3, 0.4) is 0 Å². The number of carbonyl (C=O) groups is 1. The topological polar surface area (TPSA) is 80.5 Å². The second-order valence-corrected chi connectivity index (χ2v) is 6.61. The minimum Gasteiger partial charge on any atom is -0.382 e. The molecule has 3 N–H and O–H groups in total. The largest absolute Gasteiger partial charge is 0.382 e. The quantitative estimate of drug-likeness (QED) is 0.869. The van der Waals surface area contributed by atoms with E-state index in [9.17, 15) is 4.79 Å². The monoisotopic (exact) mass is 294 g/mol. The number of carbonyl (C=O) groups excluding carboxylic acids is 1. The van der Waals surface area contributed by atoms with E-state index < -0.39 is 0 Å². The molecule has 0 aromatic carbocycles. The number of rotatable bonds is 3. The SMILES string of the molecule is Nc1nsc(N2CC3CCC(C2)O3)c1C(=O)NC1CC1. The Morgan fingerprint density at radius 1 is 1.30 bits per heavy atom. The number of amides is 1. The first-order chi connectivity index (χ1) is 9.70. The van der Waals surface area contributed by atoms with Gasteiger partial charge in [0.1, 0.15) is 10.6 Å². The van der Waals surface area contributed by atoms with Crippen molar-refractivity contribution in [1.82, 2.24) is 9.69 Å². The highest BCUT2D eigenvalue weighted by atomic mass is 32.1. The molecule has 1 aromatic heterocycles. The first-order valence-electron chi connectivity index (χ1n) is 7.17. The normalized spacial score (nSPS) is 28.7. The molecule has 108 valence electrons. The van der Waals surface area contributed by atoms with Crippen LogP contribution in [0.15, 0.2) is 0 Å². The molecule has 6 nitrogen and oxygen atoms in total. The number of nitrogens with two attached hydrogens (primary N) is 1. The van der Waals surface area contributed by atoms with E-state index in [4.69, 9.17) is 10.5 Å². The van der Waals surface area contributed by atoms with Crippen LogP contribution in [0, 0.1) is 0 Å². The number of aromatic nitrogens is 1. The highest BCUT2D eigenvalue weighted by molar-refractivity contribution is 7.11. The maximum absolute atomic E-state index is 12.3. The fourth-order valence-corrected chi connectivity index (χ4v) is 3.82. The van der Waals surface area contributed by atoms with Crippen molar-refractivity contribution >= 4 is 28.3 Å². The zero-order valence-electron chi connectivity index (χ0n) is 11.2. The Kier molecular flexibility index (Phi) is 2.85. The lowest BCUT2D eigenvalue weighted by Crippen LogP contribution is -2.43. The summed E-state index contributed by atoms with van der Waals surface area (Å²) < 4.78 is 10.0. The van der Waals surface area contributed by atoms with Crippen LogP contribution >= 0.6 is 11.5 Å². The molecule has 20 heavy (non-hydrogen) atoms. The molecule has 0 spiro atoms.